The minimum absolute atomic E-state index is 0.458. The van der Waals surface area contributed by atoms with Crippen LogP contribution in [0.3, 0.4) is 0 Å². The zero-order chi connectivity index (χ0) is 13.6. The van der Waals surface area contributed by atoms with Gasteiger partial charge in [-0.3, -0.25) is 0 Å². The third kappa shape index (κ3) is 3.50. The maximum absolute atomic E-state index is 5.98. The van der Waals surface area contributed by atoms with E-state index in [1.54, 1.807) is 0 Å². The van der Waals surface area contributed by atoms with Crippen molar-refractivity contribution in [3.8, 4) is 0 Å². The highest BCUT2D eigenvalue weighted by molar-refractivity contribution is 5.08. The van der Waals surface area contributed by atoms with Crippen molar-refractivity contribution in [3.63, 3.8) is 0 Å². The largest absolute Gasteiger partial charge is 0.382 e. The first kappa shape index (κ1) is 15.3. The summed E-state index contributed by atoms with van der Waals surface area (Å²) in [6.07, 6.45) is 9.77. The monoisotopic (exact) mass is 269 g/mol. The van der Waals surface area contributed by atoms with E-state index in [-0.39, 0.29) is 0 Å². The molecule has 0 heterocycles. The predicted molar refractivity (Wildman–Crippen MR) is 78.4 cm³/mol. The zero-order valence-corrected chi connectivity index (χ0v) is 12.7. The van der Waals surface area contributed by atoms with Gasteiger partial charge in [0.25, 0.3) is 0 Å². The molecule has 0 bridgehead atoms. The van der Waals surface area contributed by atoms with Crippen LogP contribution in [0.2, 0.25) is 0 Å². The fourth-order valence-corrected chi connectivity index (χ4v) is 3.94. The normalized spacial score (nSPS) is 29.4. The molecular formula is C16H31NO2. The molecule has 0 saturated heterocycles. The van der Waals surface area contributed by atoms with E-state index in [0.717, 1.165) is 32.8 Å². The van der Waals surface area contributed by atoms with E-state index in [1.807, 2.05) is 0 Å². The number of ether oxygens (including phenoxy) is 2. The molecule has 112 valence electrons. The summed E-state index contributed by atoms with van der Waals surface area (Å²) in [6.45, 7) is 7.86. The summed E-state index contributed by atoms with van der Waals surface area (Å²) in [5, 5.41) is 3.77. The van der Waals surface area contributed by atoms with E-state index in [4.69, 9.17) is 9.47 Å². The first-order valence-electron chi connectivity index (χ1n) is 8.26. The Labute approximate surface area is 118 Å². The Kier molecular flexibility index (Phi) is 6.11. The Bertz CT molecular complexity index is 251. The van der Waals surface area contributed by atoms with Crippen LogP contribution >= 0.6 is 0 Å². The lowest BCUT2D eigenvalue weighted by Gasteiger charge is -2.58. The molecule has 2 aliphatic rings. The third-order valence-electron chi connectivity index (χ3n) is 5.00. The van der Waals surface area contributed by atoms with Gasteiger partial charge in [-0.05, 0) is 46.1 Å². The van der Waals surface area contributed by atoms with Crippen molar-refractivity contribution in [2.75, 3.05) is 26.4 Å². The van der Waals surface area contributed by atoms with Gasteiger partial charge in [-0.2, -0.15) is 0 Å². The summed E-state index contributed by atoms with van der Waals surface area (Å²) >= 11 is 0. The highest BCUT2D eigenvalue weighted by atomic mass is 16.5. The van der Waals surface area contributed by atoms with Gasteiger partial charge < -0.3 is 14.8 Å². The van der Waals surface area contributed by atoms with Crippen LogP contribution in [0, 0.1) is 5.41 Å². The van der Waals surface area contributed by atoms with Crippen molar-refractivity contribution in [2.45, 2.75) is 70.9 Å². The van der Waals surface area contributed by atoms with Crippen molar-refractivity contribution in [2.24, 2.45) is 5.41 Å². The molecule has 0 aromatic heterocycles. The molecule has 0 radical (unpaired) electrons. The summed E-state index contributed by atoms with van der Waals surface area (Å²) in [4.78, 5) is 0. The van der Waals surface area contributed by atoms with Crippen LogP contribution in [-0.2, 0) is 9.47 Å². The van der Waals surface area contributed by atoms with Gasteiger partial charge in [0.05, 0.1) is 6.10 Å². The third-order valence-corrected chi connectivity index (χ3v) is 5.00. The molecule has 2 aliphatic carbocycles. The van der Waals surface area contributed by atoms with Crippen LogP contribution in [0.5, 0.6) is 0 Å². The van der Waals surface area contributed by atoms with Gasteiger partial charge in [-0.15, -0.1) is 0 Å². The van der Waals surface area contributed by atoms with E-state index in [1.165, 1.54) is 38.5 Å². The average molecular weight is 269 g/mol. The maximum atomic E-state index is 5.98. The second kappa shape index (κ2) is 7.61. The Balaban J connectivity index is 1.76. The Morgan fingerprint density at radius 2 is 1.89 bits per heavy atom. The molecule has 1 N–H and O–H groups in total. The fraction of sp³-hybridized carbons (Fsp3) is 1.00. The molecule has 0 aliphatic heterocycles. The number of hydrogen-bond acceptors (Lipinski definition) is 3. The molecule has 2 rings (SSSR count). The quantitative estimate of drug-likeness (QED) is 0.687. The maximum Gasteiger partial charge on any atom is 0.0661 e. The summed E-state index contributed by atoms with van der Waals surface area (Å²) in [5.41, 5.74) is 0.458. The highest BCUT2D eigenvalue weighted by Crippen LogP contribution is 2.53. The molecular weight excluding hydrogens is 238 g/mol. The molecule has 19 heavy (non-hydrogen) atoms. The van der Waals surface area contributed by atoms with Crippen LogP contribution in [0.25, 0.3) is 0 Å². The smallest absolute Gasteiger partial charge is 0.0661 e. The molecule has 2 unspecified atom stereocenters. The molecule has 0 amide bonds. The number of hydrogen-bond donors (Lipinski definition) is 1. The van der Waals surface area contributed by atoms with Crippen LogP contribution in [0.4, 0.5) is 0 Å². The van der Waals surface area contributed by atoms with E-state index in [2.05, 4.69) is 19.2 Å². The standard InChI is InChI=1S/C16H31NO2/c1-3-18-12-8-11-17-14-13-15(19-4-2)16(14)9-6-5-7-10-16/h14-15,17H,3-13H2,1-2H3. The lowest BCUT2D eigenvalue weighted by Crippen LogP contribution is -2.64. The van der Waals surface area contributed by atoms with Crippen molar-refractivity contribution in [3.05, 3.63) is 0 Å². The van der Waals surface area contributed by atoms with Gasteiger partial charge >= 0.3 is 0 Å². The summed E-state index contributed by atoms with van der Waals surface area (Å²) in [7, 11) is 0. The molecule has 2 fully saturated rings. The fourth-order valence-electron chi connectivity index (χ4n) is 3.94. The Morgan fingerprint density at radius 3 is 2.58 bits per heavy atom. The van der Waals surface area contributed by atoms with Gasteiger partial charge in [0.1, 0.15) is 0 Å². The lowest BCUT2D eigenvalue weighted by molar-refractivity contribution is -0.150. The van der Waals surface area contributed by atoms with Crippen molar-refractivity contribution < 1.29 is 9.47 Å². The highest BCUT2D eigenvalue weighted by Gasteiger charge is 2.55. The summed E-state index contributed by atoms with van der Waals surface area (Å²) < 4.78 is 11.4. The van der Waals surface area contributed by atoms with Gasteiger partial charge in [0.2, 0.25) is 0 Å². The van der Waals surface area contributed by atoms with Crippen LogP contribution in [0.15, 0.2) is 0 Å². The van der Waals surface area contributed by atoms with Gasteiger partial charge in [0, 0.05) is 31.3 Å². The van der Waals surface area contributed by atoms with Crippen LogP contribution in [0.1, 0.15) is 58.8 Å². The van der Waals surface area contributed by atoms with Crippen LogP contribution < -0.4 is 5.32 Å². The summed E-state index contributed by atoms with van der Waals surface area (Å²) in [6, 6.07) is 0.686. The Morgan fingerprint density at radius 1 is 1.11 bits per heavy atom. The zero-order valence-electron chi connectivity index (χ0n) is 12.7. The van der Waals surface area contributed by atoms with E-state index in [0.29, 0.717) is 17.6 Å². The molecule has 2 saturated carbocycles. The second-order valence-corrected chi connectivity index (χ2v) is 6.03. The predicted octanol–water partition coefficient (Wildman–Crippen LogP) is 3.13. The molecule has 1 spiro atoms. The SMILES string of the molecule is CCOCCCNC1CC(OCC)C12CCCCC2. The van der Waals surface area contributed by atoms with E-state index < -0.39 is 0 Å². The molecule has 3 nitrogen and oxygen atoms in total. The van der Waals surface area contributed by atoms with Crippen LogP contribution in [-0.4, -0.2) is 38.5 Å². The van der Waals surface area contributed by atoms with E-state index >= 15 is 0 Å². The van der Waals surface area contributed by atoms with E-state index in [9.17, 15) is 0 Å². The summed E-state index contributed by atoms with van der Waals surface area (Å²) in [5.74, 6) is 0. The van der Waals surface area contributed by atoms with Crippen molar-refractivity contribution in [1.29, 1.82) is 0 Å². The van der Waals surface area contributed by atoms with Gasteiger partial charge in [-0.25, -0.2) is 0 Å². The molecule has 2 atom stereocenters. The van der Waals surface area contributed by atoms with Gasteiger partial charge in [-0.1, -0.05) is 19.3 Å². The molecule has 0 aromatic carbocycles. The second-order valence-electron chi connectivity index (χ2n) is 6.03. The first-order valence-corrected chi connectivity index (χ1v) is 8.26. The topological polar surface area (TPSA) is 30.5 Å². The van der Waals surface area contributed by atoms with Gasteiger partial charge in [0.15, 0.2) is 0 Å². The average Bonchev–Trinajstić information content (AvgIpc) is 2.46. The van der Waals surface area contributed by atoms with Crippen molar-refractivity contribution in [1.82, 2.24) is 5.32 Å². The van der Waals surface area contributed by atoms with Crippen molar-refractivity contribution >= 4 is 0 Å². The lowest BCUT2D eigenvalue weighted by atomic mass is 9.55. The Hall–Kier alpha value is -0.120. The minimum Gasteiger partial charge on any atom is -0.382 e. The molecule has 3 heteroatoms. The number of nitrogens with one attached hydrogen (secondary N) is 1. The first-order chi connectivity index (χ1) is 9.33. The molecule has 0 aromatic rings. The number of rotatable bonds is 8. The minimum atomic E-state index is 0.458.